The molecule has 2 rings (SSSR count). The Morgan fingerprint density at radius 2 is 2.29 bits per heavy atom. The molecule has 1 amide bonds. The van der Waals surface area contributed by atoms with E-state index in [1.165, 1.54) is 0 Å². The Morgan fingerprint density at radius 1 is 1.53 bits per heavy atom. The van der Waals surface area contributed by atoms with Gasteiger partial charge in [0.25, 0.3) is 0 Å². The average molecular weight is 239 g/mol. The molecule has 96 valence electrons. The molecule has 0 N–H and O–H groups in total. The molecule has 2 unspecified atom stereocenters. The molecule has 2 heterocycles. The summed E-state index contributed by atoms with van der Waals surface area (Å²) in [7, 11) is 0. The third-order valence-electron chi connectivity index (χ3n) is 3.92. The van der Waals surface area contributed by atoms with Gasteiger partial charge in [0.2, 0.25) is 5.91 Å². The normalized spacial score (nSPS) is 29.4. The molecule has 4 heteroatoms. The van der Waals surface area contributed by atoms with Crippen molar-refractivity contribution in [2.24, 2.45) is 17.8 Å². The fourth-order valence-corrected chi connectivity index (χ4v) is 2.51. The number of likely N-dealkylation sites (tertiary alicyclic amines) is 1. The molecule has 0 spiro atoms. The van der Waals surface area contributed by atoms with Gasteiger partial charge in [-0.1, -0.05) is 13.8 Å². The molecule has 0 aromatic carbocycles. The van der Waals surface area contributed by atoms with E-state index in [0.29, 0.717) is 31.5 Å². The Morgan fingerprint density at radius 3 is 2.82 bits per heavy atom. The van der Waals surface area contributed by atoms with Gasteiger partial charge in [0, 0.05) is 25.5 Å². The van der Waals surface area contributed by atoms with Crippen molar-refractivity contribution in [1.29, 1.82) is 0 Å². The highest BCUT2D eigenvalue weighted by Crippen LogP contribution is 2.25. The van der Waals surface area contributed by atoms with Crippen molar-refractivity contribution in [3.05, 3.63) is 0 Å². The molecule has 0 aliphatic carbocycles. The molecule has 2 fully saturated rings. The van der Waals surface area contributed by atoms with Crippen LogP contribution in [0.15, 0.2) is 0 Å². The van der Waals surface area contributed by atoms with Crippen LogP contribution in [-0.2, 0) is 14.3 Å². The minimum Gasteiger partial charge on any atom is -0.381 e. The molecule has 17 heavy (non-hydrogen) atoms. The predicted molar refractivity (Wildman–Crippen MR) is 63.5 cm³/mol. The van der Waals surface area contributed by atoms with Crippen molar-refractivity contribution in [1.82, 2.24) is 4.90 Å². The van der Waals surface area contributed by atoms with Crippen molar-refractivity contribution in [3.8, 4) is 0 Å². The minimum absolute atomic E-state index is 0.0147. The topological polar surface area (TPSA) is 46.6 Å². The summed E-state index contributed by atoms with van der Waals surface area (Å²) in [5.41, 5.74) is 0. The van der Waals surface area contributed by atoms with Crippen LogP contribution in [0.5, 0.6) is 0 Å². The van der Waals surface area contributed by atoms with Crippen LogP contribution in [0.1, 0.15) is 26.7 Å². The number of Topliss-reactive ketones (excluding diaryl/α,β-unsaturated/α-hetero) is 1. The van der Waals surface area contributed by atoms with E-state index >= 15 is 0 Å². The van der Waals surface area contributed by atoms with Crippen LogP contribution in [0.25, 0.3) is 0 Å². The number of amides is 1. The van der Waals surface area contributed by atoms with Gasteiger partial charge in [0.05, 0.1) is 13.2 Å². The van der Waals surface area contributed by atoms with E-state index in [-0.39, 0.29) is 24.2 Å². The van der Waals surface area contributed by atoms with Crippen LogP contribution in [-0.4, -0.2) is 42.9 Å². The number of nitrogens with zero attached hydrogens (tertiary/aromatic N) is 1. The summed E-state index contributed by atoms with van der Waals surface area (Å²) in [6.07, 6.45) is 1.42. The summed E-state index contributed by atoms with van der Waals surface area (Å²) in [4.78, 5) is 25.5. The summed E-state index contributed by atoms with van der Waals surface area (Å²) in [6.45, 7) is 6.52. The van der Waals surface area contributed by atoms with Crippen LogP contribution in [0.4, 0.5) is 0 Å². The fourth-order valence-electron chi connectivity index (χ4n) is 2.51. The van der Waals surface area contributed by atoms with Crippen molar-refractivity contribution in [2.75, 3.05) is 26.3 Å². The van der Waals surface area contributed by atoms with Gasteiger partial charge in [-0.2, -0.15) is 0 Å². The Balaban J connectivity index is 1.86. The molecule has 0 aromatic rings. The highest BCUT2D eigenvalue weighted by molar-refractivity contribution is 5.88. The summed E-state index contributed by atoms with van der Waals surface area (Å²) < 4.78 is 5.20. The second-order valence-electron chi connectivity index (χ2n) is 5.51. The van der Waals surface area contributed by atoms with Crippen molar-refractivity contribution in [2.45, 2.75) is 26.7 Å². The van der Waals surface area contributed by atoms with Gasteiger partial charge < -0.3 is 9.64 Å². The van der Waals surface area contributed by atoms with E-state index in [0.717, 1.165) is 13.0 Å². The van der Waals surface area contributed by atoms with Crippen LogP contribution in [0.2, 0.25) is 0 Å². The van der Waals surface area contributed by atoms with Crippen LogP contribution in [0, 0.1) is 17.8 Å². The average Bonchev–Trinajstić information content (AvgIpc) is 2.88. The fraction of sp³-hybridized carbons (Fsp3) is 0.846. The molecular formula is C13H21NO3. The summed E-state index contributed by atoms with van der Waals surface area (Å²) >= 11 is 0. The van der Waals surface area contributed by atoms with E-state index in [9.17, 15) is 9.59 Å². The second-order valence-corrected chi connectivity index (χ2v) is 5.51. The number of carbonyl (C=O) groups is 2. The quantitative estimate of drug-likeness (QED) is 0.738. The molecular weight excluding hydrogens is 218 g/mol. The SMILES string of the molecule is CC(C)C1CC(=O)N(CC(=O)C2CCOC2)C1. The Bertz CT molecular complexity index is 308. The number of carbonyl (C=O) groups excluding carboxylic acids is 2. The summed E-state index contributed by atoms with van der Waals surface area (Å²) in [5, 5.41) is 0. The molecule has 0 saturated carbocycles. The van der Waals surface area contributed by atoms with Crippen LogP contribution < -0.4 is 0 Å². The number of hydrogen-bond acceptors (Lipinski definition) is 3. The van der Waals surface area contributed by atoms with E-state index in [1.54, 1.807) is 4.90 Å². The van der Waals surface area contributed by atoms with E-state index in [1.807, 2.05) is 0 Å². The lowest BCUT2D eigenvalue weighted by Crippen LogP contribution is -2.34. The number of ether oxygens (including phenoxy) is 1. The highest BCUT2D eigenvalue weighted by atomic mass is 16.5. The Kier molecular flexibility index (Phi) is 3.82. The first kappa shape index (κ1) is 12.6. The standard InChI is InChI=1S/C13H21NO3/c1-9(2)11-5-13(16)14(6-11)7-12(15)10-3-4-17-8-10/h9-11H,3-8H2,1-2H3. The number of rotatable bonds is 4. The molecule has 4 nitrogen and oxygen atoms in total. The lowest BCUT2D eigenvalue weighted by molar-refractivity contribution is -0.133. The molecule has 2 saturated heterocycles. The van der Waals surface area contributed by atoms with Gasteiger partial charge in [-0.15, -0.1) is 0 Å². The summed E-state index contributed by atoms with van der Waals surface area (Å²) in [5.74, 6) is 1.24. The third kappa shape index (κ3) is 2.86. The smallest absolute Gasteiger partial charge is 0.223 e. The lowest BCUT2D eigenvalue weighted by atomic mass is 9.95. The molecule has 0 aromatic heterocycles. The number of hydrogen-bond donors (Lipinski definition) is 0. The monoisotopic (exact) mass is 239 g/mol. The zero-order valence-corrected chi connectivity index (χ0v) is 10.6. The Labute approximate surface area is 102 Å². The highest BCUT2D eigenvalue weighted by Gasteiger charge is 2.34. The predicted octanol–water partition coefficient (Wildman–Crippen LogP) is 1.10. The van der Waals surface area contributed by atoms with Crippen molar-refractivity contribution >= 4 is 11.7 Å². The van der Waals surface area contributed by atoms with E-state index in [4.69, 9.17) is 4.74 Å². The van der Waals surface area contributed by atoms with Gasteiger partial charge in [0.1, 0.15) is 0 Å². The van der Waals surface area contributed by atoms with E-state index < -0.39 is 0 Å². The molecule has 2 atom stereocenters. The first-order chi connectivity index (χ1) is 8.08. The van der Waals surface area contributed by atoms with Crippen LogP contribution >= 0.6 is 0 Å². The van der Waals surface area contributed by atoms with Crippen molar-refractivity contribution < 1.29 is 14.3 Å². The zero-order chi connectivity index (χ0) is 12.4. The van der Waals surface area contributed by atoms with Gasteiger partial charge >= 0.3 is 0 Å². The molecule has 2 aliphatic rings. The van der Waals surface area contributed by atoms with Crippen LogP contribution in [0.3, 0.4) is 0 Å². The Hall–Kier alpha value is -0.900. The maximum absolute atomic E-state index is 11.9. The molecule has 2 aliphatic heterocycles. The maximum Gasteiger partial charge on any atom is 0.223 e. The van der Waals surface area contributed by atoms with Crippen molar-refractivity contribution in [3.63, 3.8) is 0 Å². The first-order valence-electron chi connectivity index (χ1n) is 6.46. The lowest BCUT2D eigenvalue weighted by Gasteiger charge is -2.18. The maximum atomic E-state index is 11.9. The molecule has 0 radical (unpaired) electrons. The minimum atomic E-state index is 0.0147. The van der Waals surface area contributed by atoms with Gasteiger partial charge in [0.15, 0.2) is 5.78 Å². The van der Waals surface area contributed by atoms with Gasteiger partial charge in [-0.05, 0) is 18.3 Å². The largest absolute Gasteiger partial charge is 0.381 e. The van der Waals surface area contributed by atoms with E-state index in [2.05, 4.69) is 13.8 Å². The van der Waals surface area contributed by atoms with Gasteiger partial charge in [-0.25, -0.2) is 0 Å². The second kappa shape index (κ2) is 5.17. The summed E-state index contributed by atoms with van der Waals surface area (Å²) in [6, 6.07) is 0. The zero-order valence-electron chi connectivity index (χ0n) is 10.6. The third-order valence-corrected chi connectivity index (χ3v) is 3.92. The number of ketones is 1. The van der Waals surface area contributed by atoms with Gasteiger partial charge in [-0.3, -0.25) is 9.59 Å². The molecule has 0 bridgehead atoms. The first-order valence-corrected chi connectivity index (χ1v) is 6.46.